The lowest BCUT2D eigenvalue weighted by Crippen LogP contribution is -2.44. The highest BCUT2D eigenvalue weighted by Gasteiger charge is 2.26. The van der Waals surface area contributed by atoms with Crippen molar-refractivity contribution in [3.8, 4) is 0 Å². The number of rotatable bonds is 5. The van der Waals surface area contributed by atoms with Crippen LogP contribution >= 0.6 is 0 Å². The van der Waals surface area contributed by atoms with Crippen LogP contribution < -0.4 is 10.4 Å². The Hall–Kier alpha value is -2.64. The lowest BCUT2D eigenvalue weighted by atomic mass is 10.1. The highest BCUT2D eigenvalue weighted by atomic mass is 28.3. The Bertz CT molecular complexity index is 882. The number of benzene rings is 3. The van der Waals surface area contributed by atoms with Gasteiger partial charge in [-0.25, -0.2) is 0 Å². The van der Waals surface area contributed by atoms with Gasteiger partial charge in [0.2, 0.25) is 0 Å². The van der Waals surface area contributed by atoms with E-state index in [4.69, 9.17) is 0 Å². The van der Waals surface area contributed by atoms with Crippen molar-refractivity contribution in [1.82, 2.24) is 0 Å². The van der Waals surface area contributed by atoms with Crippen LogP contribution in [0.1, 0.15) is 18.9 Å². The molecular formula is C25H24Si. The molecule has 0 unspecified atom stereocenters. The zero-order chi connectivity index (χ0) is 17.8. The molecule has 26 heavy (non-hydrogen) atoms. The molecule has 0 saturated heterocycles. The summed E-state index contributed by atoms with van der Waals surface area (Å²) in [5, 5.41) is 4.72. The van der Waals surface area contributed by atoms with E-state index in [0.717, 1.165) is 12.8 Å². The number of allylic oxidation sites excluding steroid dienone is 4. The molecule has 3 aromatic carbocycles. The van der Waals surface area contributed by atoms with Gasteiger partial charge in [0, 0.05) is 0 Å². The lowest BCUT2D eigenvalue weighted by Gasteiger charge is -2.21. The molecule has 128 valence electrons. The third-order valence-corrected chi connectivity index (χ3v) is 8.53. The summed E-state index contributed by atoms with van der Waals surface area (Å²) in [5.74, 6) is 0. The predicted molar refractivity (Wildman–Crippen MR) is 115 cm³/mol. The van der Waals surface area contributed by atoms with E-state index in [1.54, 1.807) is 5.20 Å². The van der Waals surface area contributed by atoms with Crippen molar-refractivity contribution in [3.63, 3.8) is 0 Å². The first-order valence-electron chi connectivity index (χ1n) is 9.34. The van der Waals surface area contributed by atoms with Crippen molar-refractivity contribution in [3.05, 3.63) is 119 Å². The zero-order valence-electron chi connectivity index (χ0n) is 15.2. The molecule has 3 aromatic rings. The van der Waals surface area contributed by atoms with Gasteiger partial charge in [-0.15, -0.1) is 0 Å². The summed E-state index contributed by atoms with van der Waals surface area (Å²) < 4.78 is 0. The SMILES string of the molecule is CC1=CC(Cc2ccccc2)=C([SiH](c2ccccc2)c2ccccc2)C1. The molecule has 1 aliphatic carbocycles. The first kappa shape index (κ1) is 16.8. The second-order valence-corrected chi connectivity index (χ2v) is 10.0. The van der Waals surface area contributed by atoms with Crippen LogP contribution in [0.3, 0.4) is 0 Å². The minimum Gasteiger partial charge on any atom is -0.0694 e. The molecule has 0 spiro atoms. The van der Waals surface area contributed by atoms with Crippen molar-refractivity contribution in [1.29, 1.82) is 0 Å². The van der Waals surface area contributed by atoms with Gasteiger partial charge in [0.15, 0.2) is 0 Å². The summed E-state index contributed by atoms with van der Waals surface area (Å²) in [7, 11) is -1.41. The Morgan fingerprint density at radius 3 is 1.73 bits per heavy atom. The lowest BCUT2D eigenvalue weighted by molar-refractivity contribution is 1.17. The quantitative estimate of drug-likeness (QED) is 0.595. The van der Waals surface area contributed by atoms with Crippen LogP contribution in [-0.2, 0) is 6.42 Å². The Balaban J connectivity index is 1.80. The largest absolute Gasteiger partial charge is 0.129 e. The van der Waals surface area contributed by atoms with Gasteiger partial charge in [-0.1, -0.05) is 118 Å². The summed E-state index contributed by atoms with van der Waals surface area (Å²) in [6, 6.07) is 33.2. The molecule has 0 atom stereocenters. The van der Waals surface area contributed by atoms with Crippen LogP contribution in [0.5, 0.6) is 0 Å². The predicted octanol–water partition coefficient (Wildman–Crippen LogP) is 4.46. The van der Waals surface area contributed by atoms with Crippen LogP contribution in [0.2, 0.25) is 0 Å². The van der Waals surface area contributed by atoms with Crippen molar-refractivity contribution in [2.75, 3.05) is 0 Å². The molecule has 1 aliphatic rings. The number of hydrogen-bond donors (Lipinski definition) is 0. The van der Waals surface area contributed by atoms with E-state index >= 15 is 0 Å². The number of hydrogen-bond acceptors (Lipinski definition) is 0. The molecule has 1 heteroatoms. The Labute approximate surface area is 158 Å². The maximum atomic E-state index is 2.44. The van der Waals surface area contributed by atoms with E-state index in [-0.39, 0.29) is 0 Å². The smallest absolute Gasteiger partial charge is 0.0694 e. The Morgan fingerprint density at radius 1 is 0.692 bits per heavy atom. The van der Waals surface area contributed by atoms with Crippen molar-refractivity contribution < 1.29 is 0 Å². The monoisotopic (exact) mass is 352 g/mol. The van der Waals surface area contributed by atoms with Crippen molar-refractivity contribution >= 4 is 19.2 Å². The molecule has 0 fully saturated rings. The molecular weight excluding hydrogens is 328 g/mol. The molecule has 0 heterocycles. The van der Waals surface area contributed by atoms with Crippen LogP contribution in [0, 0.1) is 0 Å². The fourth-order valence-electron chi connectivity index (χ4n) is 4.01. The van der Waals surface area contributed by atoms with E-state index in [0.29, 0.717) is 0 Å². The maximum Gasteiger partial charge on any atom is 0.129 e. The van der Waals surface area contributed by atoms with Crippen LogP contribution in [0.25, 0.3) is 0 Å². The topological polar surface area (TPSA) is 0 Å². The second-order valence-electron chi connectivity index (χ2n) is 7.13. The van der Waals surface area contributed by atoms with Gasteiger partial charge in [0.1, 0.15) is 8.80 Å². The normalized spacial score (nSPS) is 14.0. The van der Waals surface area contributed by atoms with Crippen LogP contribution in [0.15, 0.2) is 113 Å². The first-order valence-corrected chi connectivity index (χ1v) is 11.1. The molecule has 0 saturated carbocycles. The van der Waals surface area contributed by atoms with Gasteiger partial charge in [0.05, 0.1) is 0 Å². The molecule has 0 bridgehead atoms. The van der Waals surface area contributed by atoms with E-state index in [2.05, 4.69) is 104 Å². The van der Waals surface area contributed by atoms with Crippen LogP contribution in [-0.4, -0.2) is 8.80 Å². The molecule has 0 aromatic heterocycles. The van der Waals surface area contributed by atoms with E-state index in [9.17, 15) is 0 Å². The second kappa shape index (κ2) is 7.71. The summed E-state index contributed by atoms with van der Waals surface area (Å²) in [6.07, 6.45) is 4.60. The fourth-order valence-corrected chi connectivity index (χ4v) is 7.49. The van der Waals surface area contributed by atoms with Gasteiger partial charge in [-0.05, 0) is 30.9 Å². The fraction of sp³-hybridized carbons (Fsp3) is 0.120. The molecule has 0 N–H and O–H groups in total. The highest BCUT2D eigenvalue weighted by molar-refractivity contribution is 6.91. The maximum absolute atomic E-state index is 2.44. The van der Waals surface area contributed by atoms with Crippen molar-refractivity contribution in [2.24, 2.45) is 0 Å². The average molecular weight is 353 g/mol. The van der Waals surface area contributed by atoms with Crippen molar-refractivity contribution in [2.45, 2.75) is 19.8 Å². The molecule has 4 rings (SSSR count). The van der Waals surface area contributed by atoms with Gasteiger partial charge in [0.25, 0.3) is 0 Å². The standard InChI is InChI=1S/C25H24Si/c1-20-17-22(19-21-11-5-2-6-12-21)25(18-20)26(23-13-7-3-8-14-23)24-15-9-4-10-16-24/h2-17,26H,18-19H2,1H3. The molecule has 0 radical (unpaired) electrons. The first-order chi connectivity index (χ1) is 12.8. The zero-order valence-corrected chi connectivity index (χ0v) is 16.4. The summed E-state index contributed by atoms with van der Waals surface area (Å²) in [4.78, 5) is 0. The summed E-state index contributed by atoms with van der Waals surface area (Å²) in [6.45, 7) is 2.28. The molecule has 0 amide bonds. The van der Waals surface area contributed by atoms with Gasteiger partial charge >= 0.3 is 0 Å². The average Bonchev–Trinajstić information content (AvgIpc) is 3.04. The van der Waals surface area contributed by atoms with E-state index in [1.807, 2.05) is 0 Å². The van der Waals surface area contributed by atoms with Gasteiger partial charge < -0.3 is 0 Å². The minimum absolute atomic E-state index is 1.04. The third-order valence-electron chi connectivity index (χ3n) is 5.15. The minimum atomic E-state index is -1.41. The highest BCUT2D eigenvalue weighted by Crippen LogP contribution is 2.29. The van der Waals surface area contributed by atoms with Gasteiger partial charge in [-0.2, -0.15) is 0 Å². The Kier molecular flexibility index (Phi) is 4.99. The van der Waals surface area contributed by atoms with Gasteiger partial charge in [-0.3, -0.25) is 0 Å². The van der Waals surface area contributed by atoms with Crippen LogP contribution in [0.4, 0.5) is 0 Å². The Morgan fingerprint density at radius 2 is 1.19 bits per heavy atom. The summed E-state index contributed by atoms with van der Waals surface area (Å²) in [5.41, 5.74) is 4.44. The summed E-state index contributed by atoms with van der Waals surface area (Å²) >= 11 is 0. The van der Waals surface area contributed by atoms with E-state index < -0.39 is 8.80 Å². The van der Waals surface area contributed by atoms with E-state index in [1.165, 1.54) is 27.1 Å². The molecule has 0 aliphatic heterocycles. The molecule has 0 nitrogen and oxygen atoms in total. The third kappa shape index (κ3) is 3.63.